The van der Waals surface area contributed by atoms with E-state index in [1.807, 2.05) is 13.8 Å². The molecule has 1 aliphatic rings. The lowest BCUT2D eigenvalue weighted by Crippen LogP contribution is -2.28. The summed E-state index contributed by atoms with van der Waals surface area (Å²) in [5, 5.41) is 0. The molecule has 0 aliphatic carbocycles. The van der Waals surface area contributed by atoms with E-state index in [0.29, 0.717) is 26.3 Å². The van der Waals surface area contributed by atoms with Crippen molar-refractivity contribution in [2.45, 2.75) is 20.0 Å². The van der Waals surface area contributed by atoms with Gasteiger partial charge in [-0.05, 0) is 13.8 Å². The smallest absolute Gasteiger partial charge is 0.410 e. The normalized spacial score (nSPS) is 17.2. The highest BCUT2D eigenvalue weighted by molar-refractivity contribution is 5.69. The summed E-state index contributed by atoms with van der Waals surface area (Å²) in [7, 11) is 0. The van der Waals surface area contributed by atoms with Crippen molar-refractivity contribution in [3.63, 3.8) is 0 Å². The number of carbonyl (C=O) groups is 1. The lowest BCUT2D eigenvalue weighted by molar-refractivity contribution is 0.0657. The molecular weight excluding hydrogens is 158 g/mol. The molecule has 0 radical (unpaired) electrons. The molecule has 0 N–H and O–H groups in total. The quantitative estimate of drug-likeness (QED) is 0.633. The standard InChI is InChI=1S/C8H15NO3/c1-7(2)11-5-3-9-4-6-12-8(9)10/h7H,3-6H2,1-2H3. The van der Waals surface area contributed by atoms with E-state index in [2.05, 4.69) is 0 Å². The molecule has 0 unspecified atom stereocenters. The third-order valence-corrected chi connectivity index (χ3v) is 1.66. The number of amides is 1. The van der Waals surface area contributed by atoms with Gasteiger partial charge in [-0.15, -0.1) is 0 Å². The fraction of sp³-hybridized carbons (Fsp3) is 0.875. The Morgan fingerprint density at radius 2 is 2.42 bits per heavy atom. The summed E-state index contributed by atoms with van der Waals surface area (Å²) in [6.07, 6.45) is 0.00554. The highest BCUT2D eigenvalue weighted by atomic mass is 16.6. The molecule has 0 aromatic carbocycles. The molecular formula is C8H15NO3. The molecule has 70 valence electrons. The Morgan fingerprint density at radius 3 is 2.92 bits per heavy atom. The molecule has 4 heteroatoms. The molecule has 4 nitrogen and oxygen atoms in total. The minimum atomic E-state index is -0.220. The molecule has 1 heterocycles. The van der Waals surface area contributed by atoms with Crippen LogP contribution < -0.4 is 0 Å². The van der Waals surface area contributed by atoms with E-state index in [9.17, 15) is 4.79 Å². The number of nitrogens with zero attached hydrogens (tertiary/aromatic N) is 1. The zero-order chi connectivity index (χ0) is 8.97. The van der Waals surface area contributed by atoms with Gasteiger partial charge in [-0.25, -0.2) is 4.79 Å². The maximum Gasteiger partial charge on any atom is 0.410 e. The van der Waals surface area contributed by atoms with E-state index in [1.54, 1.807) is 4.90 Å². The average Bonchev–Trinajstić information content (AvgIpc) is 2.36. The zero-order valence-corrected chi connectivity index (χ0v) is 7.58. The predicted octanol–water partition coefficient (Wildman–Crippen LogP) is 0.864. The number of cyclic esters (lactones) is 1. The molecule has 1 amide bonds. The van der Waals surface area contributed by atoms with Crippen molar-refractivity contribution < 1.29 is 14.3 Å². The maximum absolute atomic E-state index is 10.9. The van der Waals surface area contributed by atoms with E-state index >= 15 is 0 Å². The summed E-state index contributed by atoms with van der Waals surface area (Å²) in [4.78, 5) is 12.6. The van der Waals surface area contributed by atoms with Crippen molar-refractivity contribution in [3.8, 4) is 0 Å². The third kappa shape index (κ3) is 2.70. The topological polar surface area (TPSA) is 38.8 Å². The largest absolute Gasteiger partial charge is 0.448 e. The van der Waals surface area contributed by atoms with E-state index in [4.69, 9.17) is 9.47 Å². The Labute approximate surface area is 72.4 Å². The second-order valence-electron chi connectivity index (χ2n) is 3.02. The second kappa shape index (κ2) is 4.30. The van der Waals surface area contributed by atoms with Gasteiger partial charge in [-0.2, -0.15) is 0 Å². The van der Waals surface area contributed by atoms with Crippen LogP contribution in [0.3, 0.4) is 0 Å². The first-order chi connectivity index (χ1) is 5.70. The molecule has 1 saturated heterocycles. The molecule has 0 saturated carbocycles. The molecule has 0 spiro atoms. The van der Waals surface area contributed by atoms with E-state index < -0.39 is 0 Å². The van der Waals surface area contributed by atoms with E-state index in [1.165, 1.54) is 0 Å². The third-order valence-electron chi connectivity index (χ3n) is 1.66. The fourth-order valence-electron chi connectivity index (χ4n) is 1.03. The monoisotopic (exact) mass is 173 g/mol. The molecule has 12 heavy (non-hydrogen) atoms. The van der Waals surface area contributed by atoms with Gasteiger partial charge >= 0.3 is 6.09 Å². The van der Waals surface area contributed by atoms with E-state index in [-0.39, 0.29) is 12.2 Å². The molecule has 1 fully saturated rings. The summed E-state index contributed by atoms with van der Waals surface area (Å²) >= 11 is 0. The van der Waals surface area contributed by atoms with Crippen molar-refractivity contribution in [1.29, 1.82) is 0 Å². The van der Waals surface area contributed by atoms with Crippen LogP contribution in [0.4, 0.5) is 4.79 Å². The van der Waals surface area contributed by atoms with Gasteiger partial charge in [0.05, 0.1) is 19.3 Å². The molecule has 0 aromatic rings. The highest BCUT2D eigenvalue weighted by Crippen LogP contribution is 2.02. The van der Waals surface area contributed by atoms with Gasteiger partial charge in [0.25, 0.3) is 0 Å². The average molecular weight is 173 g/mol. The van der Waals surface area contributed by atoms with Crippen LogP contribution in [0.25, 0.3) is 0 Å². The summed E-state index contributed by atoms with van der Waals surface area (Å²) in [5.74, 6) is 0. The van der Waals surface area contributed by atoms with Crippen LogP contribution in [0.1, 0.15) is 13.8 Å². The Bertz CT molecular complexity index is 158. The Kier molecular flexibility index (Phi) is 3.34. The van der Waals surface area contributed by atoms with Gasteiger partial charge in [-0.1, -0.05) is 0 Å². The van der Waals surface area contributed by atoms with Crippen LogP contribution in [0.5, 0.6) is 0 Å². The van der Waals surface area contributed by atoms with Crippen molar-refractivity contribution in [3.05, 3.63) is 0 Å². The number of hydrogen-bond acceptors (Lipinski definition) is 3. The molecule has 1 rings (SSSR count). The molecule has 0 atom stereocenters. The number of rotatable bonds is 4. The van der Waals surface area contributed by atoms with Crippen LogP contribution in [0.15, 0.2) is 0 Å². The van der Waals surface area contributed by atoms with E-state index in [0.717, 1.165) is 0 Å². The van der Waals surface area contributed by atoms with Crippen molar-refractivity contribution in [1.82, 2.24) is 4.90 Å². The van der Waals surface area contributed by atoms with Gasteiger partial charge in [0.2, 0.25) is 0 Å². The summed E-state index contributed by atoms with van der Waals surface area (Å²) in [6, 6.07) is 0. The summed E-state index contributed by atoms with van der Waals surface area (Å²) in [6.45, 7) is 6.38. The van der Waals surface area contributed by atoms with Crippen molar-refractivity contribution >= 4 is 6.09 Å². The Morgan fingerprint density at radius 1 is 1.67 bits per heavy atom. The fourth-order valence-corrected chi connectivity index (χ4v) is 1.03. The minimum Gasteiger partial charge on any atom is -0.448 e. The molecule has 0 bridgehead atoms. The lowest BCUT2D eigenvalue weighted by Gasteiger charge is -2.13. The Hall–Kier alpha value is -0.770. The highest BCUT2D eigenvalue weighted by Gasteiger charge is 2.20. The zero-order valence-electron chi connectivity index (χ0n) is 7.58. The Balaban J connectivity index is 2.10. The first-order valence-corrected chi connectivity index (χ1v) is 4.23. The second-order valence-corrected chi connectivity index (χ2v) is 3.02. The molecule has 0 aromatic heterocycles. The minimum absolute atomic E-state index is 0.220. The first kappa shape index (κ1) is 9.32. The van der Waals surface area contributed by atoms with Gasteiger partial charge in [0, 0.05) is 6.54 Å². The number of hydrogen-bond donors (Lipinski definition) is 0. The van der Waals surface area contributed by atoms with Crippen LogP contribution in [-0.4, -0.2) is 43.4 Å². The SMILES string of the molecule is CC(C)OCCN1CCOC1=O. The van der Waals surface area contributed by atoms with Crippen LogP contribution >= 0.6 is 0 Å². The van der Waals surface area contributed by atoms with Crippen LogP contribution in [0, 0.1) is 0 Å². The van der Waals surface area contributed by atoms with Crippen LogP contribution in [0.2, 0.25) is 0 Å². The lowest BCUT2D eigenvalue weighted by atomic mass is 10.5. The van der Waals surface area contributed by atoms with Gasteiger partial charge in [-0.3, -0.25) is 0 Å². The maximum atomic E-state index is 10.9. The molecule has 1 aliphatic heterocycles. The van der Waals surface area contributed by atoms with Gasteiger partial charge in [0.15, 0.2) is 0 Å². The van der Waals surface area contributed by atoms with Gasteiger partial charge in [0.1, 0.15) is 6.61 Å². The van der Waals surface area contributed by atoms with Gasteiger partial charge < -0.3 is 14.4 Å². The summed E-state index contributed by atoms with van der Waals surface area (Å²) < 4.78 is 10.1. The summed E-state index contributed by atoms with van der Waals surface area (Å²) in [5.41, 5.74) is 0. The van der Waals surface area contributed by atoms with Crippen molar-refractivity contribution in [2.75, 3.05) is 26.3 Å². The first-order valence-electron chi connectivity index (χ1n) is 4.23. The van der Waals surface area contributed by atoms with Crippen LogP contribution in [-0.2, 0) is 9.47 Å². The predicted molar refractivity (Wildman–Crippen MR) is 44.0 cm³/mol. The number of carbonyl (C=O) groups excluding carboxylic acids is 1. The van der Waals surface area contributed by atoms with Crippen molar-refractivity contribution in [2.24, 2.45) is 0 Å². The number of ether oxygens (including phenoxy) is 2.